The Morgan fingerprint density at radius 2 is 1.90 bits per heavy atom. The zero-order chi connectivity index (χ0) is 20.4. The third kappa shape index (κ3) is 4.52. The predicted molar refractivity (Wildman–Crippen MR) is 100 cm³/mol. The van der Waals surface area contributed by atoms with Crippen molar-refractivity contribution in [1.82, 2.24) is 9.80 Å². The van der Waals surface area contributed by atoms with Gasteiger partial charge in [-0.05, 0) is 24.8 Å². The minimum absolute atomic E-state index is 0.0495. The molecule has 1 aromatic rings. The van der Waals surface area contributed by atoms with Gasteiger partial charge in [-0.2, -0.15) is 0 Å². The van der Waals surface area contributed by atoms with Crippen LogP contribution in [0.5, 0.6) is 0 Å². The van der Waals surface area contributed by atoms with E-state index in [-0.39, 0.29) is 56.6 Å². The lowest BCUT2D eigenvalue weighted by molar-refractivity contribution is -0.183. The normalized spacial score (nSPS) is 27.4. The number of benzene rings is 1. The quantitative estimate of drug-likeness (QED) is 0.771. The monoisotopic (exact) mass is 408 g/mol. The van der Waals surface area contributed by atoms with Crippen LogP contribution in [0.4, 0.5) is 13.6 Å². The molecule has 2 aliphatic heterocycles. The Bertz CT molecular complexity index is 737. The van der Waals surface area contributed by atoms with E-state index in [0.29, 0.717) is 25.9 Å². The van der Waals surface area contributed by atoms with Crippen LogP contribution in [0.25, 0.3) is 0 Å². The Morgan fingerprint density at radius 3 is 2.62 bits per heavy atom. The molecule has 4 rings (SSSR count). The smallest absolute Gasteiger partial charge is 0.410 e. The van der Waals surface area contributed by atoms with Crippen molar-refractivity contribution >= 4 is 12.0 Å². The first kappa shape index (κ1) is 20.1. The maximum atomic E-state index is 14.0. The van der Waals surface area contributed by atoms with E-state index in [1.807, 2.05) is 30.3 Å². The maximum absolute atomic E-state index is 14.0. The van der Waals surface area contributed by atoms with Crippen LogP contribution in [0, 0.1) is 0 Å². The Balaban J connectivity index is 1.33. The molecule has 0 aromatic heterocycles. The average Bonchev–Trinajstić information content (AvgIpc) is 2.72. The number of hydrogen-bond acceptors (Lipinski definition) is 4. The lowest BCUT2D eigenvalue weighted by Gasteiger charge is -2.50. The molecular weight excluding hydrogens is 382 g/mol. The fraction of sp³-hybridized carbons (Fsp3) is 0.619. The molecule has 0 N–H and O–H groups in total. The highest BCUT2D eigenvalue weighted by atomic mass is 19.3. The number of amides is 2. The van der Waals surface area contributed by atoms with Crippen LogP contribution in [0.2, 0.25) is 0 Å². The molecule has 29 heavy (non-hydrogen) atoms. The lowest BCUT2D eigenvalue weighted by atomic mass is 9.85. The minimum atomic E-state index is -2.76. The van der Waals surface area contributed by atoms with Gasteiger partial charge >= 0.3 is 6.09 Å². The Hall–Kier alpha value is -2.22. The summed E-state index contributed by atoms with van der Waals surface area (Å²) < 4.78 is 38.8. The van der Waals surface area contributed by atoms with Crippen LogP contribution in [0.3, 0.4) is 0 Å². The van der Waals surface area contributed by atoms with Gasteiger partial charge in [-0.15, -0.1) is 0 Å². The van der Waals surface area contributed by atoms with Crippen molar-refractivity contribution in [2.45, 2.75) is 62.8 Å². The zero-order valence-electron chi connectivity index (χ0n) is 16.3. The largest absolute Gasteiger partial charge is 0.445 e. The molecule has 8 heteroatoms. The number of piperidine rings is 1. The fourth-order valence-electron chi connectivity index (χ4n) is 4.61. The van der Waals surface area contributed by atoms with Gasteiger partial charge < -0.3 is 19.3 Å². The number of carbonyl (C=O) groups is 2. The molecule has 0 unspecified atom stereocenters. The summed E-state index contributed by atoms with van der Waals surface area (Å²) in [6.45, 7) is 1.04. The van der Waals surface area contributed by atoms with Crippen molar-refractivity contribution < 1.29 is 27.8 Å². The number of fused-ring (bicyclic) bond motifs is 1. The number of morpholine rings is 1. The van der Waals surface area contributed by atoms with Gasteiger partial charge in [-0.1, -0.05) is 30.3 Å². The van der Waals surface area contributed by atoms with Crippen molar-refractivity contribution in [2.75, 3.05) is 19.7 Å². The van der Waals surface area contributed by atoms with E-state index in [9.17, 15) is 18.4 Å². The van der Waals surface area contributed by atoms with Crippen LogP contribution in [0.1, 0.15) is 37.7 Å². The van der Waals surface area contributed by atoms with E-state index in [2.05, 4.69) is 0 Å². The zero-order valence-corrected chi connectivity index (χ0v) is 16.3. The molecule has 1 aliphatic carbocycles. The molecule has 1 saturated carbocycles. The highest BCUT2D eigenvalue weighted by molar-refractivity contribution is 5.79. The summed E-state index contributed by atoms with van der Waals surface area (Å²) in [4.78, 5) is 28.1. The van der Waals surface area contributed by atoms with Gasteiger partial charge in [0.2, 0.25) is 11.8 Å². The van der Waals surface area contributed by atoms with Gasteiger partial charge in [0, 0.05) is 32.0 Å². The number of rotatable bonds is 3. The molecule has 0 bridgehead atoms. The number of carbonyl (C=O) groups excluding carboxylic acids is 2. The number of ether oxygens (including phenoxy) is 2. The van der Waals surface area contributed by atoms with Crippen LogP contribution < -0.4 is 0 Å². The number of likely N-dealkylation sites (tertiary alicyclic amines) is 1. The summed E-state index contributed by atoms with van der Waals surface area (Å²) in [5.74, 6) is -2.99. The Morgan fingerprint density at radius 1 is 1.17 bits per heavy atom. The van der Waals surface area contributed by atoms with Crippen molar-refractivity contribution in [3.05, 3.63) is 35.9 Å². The highest BCUT2D eigenvalue weighted by Gasteiger charge is 2.49. The first-order valence-corrected chi connectivity index (χ1v) is 10.2. The second-order valence-corrected chi connectivity index (χ2v) is 8.07. The SMILES string of the molecule is O=C(OCc1ccccc1)N1CCC(N2C(=O)CO[C@H]3CCC(F)(F)C[C@@H]32)CC1. The molecule has 3 fully saturated rings. The summed E-state index contributed by atoms with van der Waals surface area (Å²) in [6, 6.07) is 8.72. The lowest BCUT2D eigenvalue weighted by Crippen LogP contribution is -2.63. The van der Waals surface area contributed by atoms with Gasteiger partial charge in [-0.3, -0.25) is 4.79 Å². The number of hydrogen-bond donors (Lipinski definition) is 0. The summed E-state index contributed by atoms with van der Waals surface area (Å²) in [7, 11) is 0. The highest BCUT2D eigenvalue weighted by Crippen LogP contribution is 2.40. The first-order chi connectivity index (χ1) is 13.9. The Kier molecular flexibility index (Phi) is 5.72. The predicted octanol–water partition coefficient (Wildman–Crippen LogP) is 3.20. The van der Waals surface area contributed by atoms with Gasteiger partial charge in [0.25, 0.3) is 0 Å². The number of alkyl halides is 2. The van der Waals surface area contributed by atoms with Crippen LogP contribution >= 0.6 is 0 Å². The van der Waals surface area contributed by atoms with Crippen LogP contribution in [0.15, 0.2) is 30.3 Å². The molecule has 2 amide bonds. The van der Waals surface area contributed by atoms with E-state index in [0.717, 1.165) is 5.56 Å². The molecule has 2 atom stereocenters. The average molecular weight is 408 g/mol. The molecule has 1 aromatic carbocycles. The van der Waals surface area contributed by atoms with Crippen LogP contribution in [-0.2, 0) is 20.9 Å². The molecule has 0 radical (unpaired) electrons. The van der Waals surface area contributed by atoms with E-state index < -0.39 is 12.0 Å². The van der Waals surface area contributed by atoms with E-state index in [1.54, 1.807) is 9.80 Å². The second kappa shape index (κ2) is 8.26. The molecule has 2 saturated heterocycles. The molecule has 6 nitrogen and oxygen atoms in total. The summed E-state index contributed by atoms with van der Waals surface area (Å²) in [6.07, 6.45) is 0.141. The van der Waals surface area contributed by atoms with Gasteiger partial charge in [0.05, 0.1) is 12.1 Å². The van der Waals surface area contributed by atoms with Crippen molar-refractivity contribution in [3.63, 3.8) is 0 Å². The fourth-order valence-corrected chi connectivity index (χ4v) is 4.61. The number of halogens is 2. The molecule has 0 spiro atoms. The second-order valence-electron chi connectivity index (χ2n) is 8.07. The molecular formula is C21H26F2N2O4. The summed E-state index contributed by atoms with van der Waals surface area (Å²) in [5.41, 5.74) is 0.916. The summed E-state index contributed by atoms with van der Waals surface area (Å²) in [5, 5.41) is 0. The molecule has 3 aliphatic rings. The van der Waals surface area contributed by atoms with Crippen LogP contribution in [-0.4, -0.2) is 65.6 Å². The Labute approximate surface area is 168 Å². The third-order valence-electron chi connectivity index (χ3n) is 6.12. The number of nitrogens with zero attached hydrogens (tertiary/aromatic N) is 2. The van der Waals surface area contributed by atoms with Gasteiger partial charge in [-0.25, -0.2) is 13.6 Å². The maximum Gasteiger partial charge on any atom is 0.410 e. The van der Waals surface area contributed by atoms with Gasteiger partial charge in [0.1, 0.15) is 13.2 Å². The molecule has 2 heterocycles. The summed E-state index contributed by atoms with van der Waals surface area (Å²) >= 11 is 0. The van der Waals surface area contributed by atoms with Crippen molar-refractivity contribution in [2.24, 2.45) is 0 Å². The molecule has 158 valence electrons. The van der Waals surface area contributed by atoms with E-state index in [4.69, 9.17) is 9.47 Å². The topological polar surface area (TPSA) is 59.1 Å². The standard InChI is InChI=1S/C21H26F2N2O4/c22-21(23)9-6-18-17(12-21)25(19(26)14-28-18)16-7-10-24(11-8-16)20(27)29-13-15-4-2-1-3-5-15/h1-5,16-18H,6-14H2/t17-,18-/m0/s1. The minimum Gasteiger partial charge on any atom is -0.445 e. The van der Waals surface area contributed by atoms with Crippen molar-refractivity contribution in [1.29, 1.82) is 0 Å². The first-order valence-electron chi connectivity index (χ1n) is 10.2. The third-order valence-corrected chi connectivity index (χ3v) is 6.12. The van der Waals surface area contributed by atoms with Gasteiger partial charge in [0.15, 0.2) is 0 Å². The van der Waals surface area contributed by atoms with Crippen molar-refractivity contribution in [3.8, 4) is 0 Å². The van der Waals surface area contributed by atoms with E-state index in [1.165, 1.54) is 0 Å². The van der Waals surface area contributed by atoms with E-state index >= 15 is 0 Å².